The van der Waals surface area contributed by atoms with Crippen LogP contribution in [0.3, 0.4) is 0 Å². The average Bonchev–Trinajstić information content (AvgIpc) is 3.26. The van der Waals surface area contributed by atoms with Gasteiger partial charge >= 0.3 is 0 Å². The van der Waals surface area contributed by atoms with Crippen LogP contribution < -0.4 is 5.32 Å². The number of aromatic nitrogens is 1. The third kappa shape index (κ3) is 5.44. The minimum atomic E-state index is -3.82. The predicted octanol–water partition coefficient (Wildman–Crippen LogP) is 5.37. The molecule has 0 spiro atoms. The summed E-state index contributed by atoms with van der Waals surface area (Å²) >= 11 is 0. The van der Waals surface area contributed by atoms with E-state index in [9.17, 15) is 13.2 Å². The lowest BCUT2D eigenvalue weighted by Crippen LogP contribution is -2.41. The molecule has 190 valence electrons. The lowest BCUT2D eigenvalue weighted by molar-refractivity contribution is -0.120. The third-order valence-electron chi connectivity index (χ3n) is 6.75. The first kappa shape index (κ1) is 25.9. The molecule has 0 saturated carbocycles. The molecular weight excluding hydrogens is 474 g/mol. The van der Waals surface area contributed by atoms with Gasteiger partial charge in [-0.1, -0.05) is 66.2 Å². The van der Waals surface area contributed by atoms with Crippen molar-refractivity contribution in [3.05, 3.63) is 76.2 Å². The number of hydrogen-bond acceptors (Lipinski definition) is 5. The highest BCUT2D eigenvalue weighted by atomic mass is 32.2. The molecule has 8 heteroatoms. The number of benzene rings is 2. The zero-order valence-electron chi connectivity index (χ0n) is 21.2. The Morgan fingerprint density at radius 3 is 2.44 bits per heavy atom. The van der Waals surface area contributed by atoms with E-state index in [1.165, 1.54) is 4.31 Å². The lowest BCUT2D eigenvalue weighted by atomic mass is 9.96. The molecule has 0 bridgehead atoms. The van der Waals surface area contributed by atoms with E-state index in [2.05, 4.69) is 17.4 Å². The van der Waals surface area contributed by atoms with Crippen LogP contribution in [-0.2, 0) is 21.2 Å². The molecule has 2 aromatic carbocycles. The molecule has 1 N–H and O–H groups in total. The van der Waals surface area contributed by atoms with Gasteiger partial charge in [0.1, 0.15) is 5.69 Å². The molecule has 0 unspecified atom stereocenters. The second-order valence-corrected chi connectivity index (χ2v) is 11.2. The van der Waals surface area contributed by atoms with E-state index in [0.717, 1.165) is 34.4 Å². The van der Waals surface area contributed by atoms with E-state index < -0.39 is 10.0 Å². The minimum Gasteiger partial charge on any atom is -0.355 e. The SMILES string of the molecule is CCc1cccc(C)c1NC(=O)C1CCN(S(=O)(=O)c2c(C)noc2/C=C/c2ccc(C)cc2)CC1. The Morgan fingerprint density at radius 2 is 1.78 bits per heavy atom. The Kier molecular flexibility index (Phi) is 7.76. The van der Waals surface area contributed by atoms with Crippen molar-refractivity contribution in [2.75, 3.05) is 18.4 Å². The second kappa shape index (κ2) is 10.8. The zero-order valence-corrected chi connectivity index (χ0v) is 22.1. The highest BCUT2D eigenvalue weighted by molar-refractivity contribution is 7.89. The molecule has 1 aliphatic heterocycles. The maximum absolute atomic E-state index is 13.5. The summed E-state index contributed by atoms with van der Waals surface area (Å²) in [6, 6.07) is 13.9. The van der Waals surface area contributed by atoms with Gasteiger partial charge in [-0.05, 0) is 62.8 Å². The summed E-state index contributed by atoms with van der Waals surface area (Å²) in [7, 11) is -3.82. The summed E-state index contributed by atoms with van der Waals surface area (Å²) in [5.74, 6) is -0.0937. The molecule has 4 rings (SSSR count). The number of carbonyl (C=O) groups excluding carboxylic acids is 1. The Hall–Kier alpha value is -3.23. The first-order valence-corrected chi connectivity index (χ1v) is 13.7. The van der Waals surface area contributed by atoms with Gasteiger partial charge < -0.3 is 9.84 Å². The van der Waals surface area contributed by atoms with Crippen molar-refractivity contribution in [2.24, 2.45) is 5.92 Å². The fraction of sp³-hybridized carbons (Fsp3) is 0.357. The maximum Gasteiger partial charge on any atom is 0.248 e. The molecule has 7 nitrogen and oxygen atoms in total. The number of amides is 1. The number of nitrogens with zero attached hydrogens (tertiary/aromatic N) is 2. The van der Waals surface area contributed by atoms with E-state index >= 15 is 0 Å². The molecule has 1 aromatic heterocycles. The topological polar surface area (TPSA) is 92.5 Å². The first-order chi connectivity index (χ1) is 17.2. The largest absolute Gasteiger partial charge is 0.355 e. The Balaban J connectivity index is 1.46. The lowest BCUT2D eigenvalue weighted by Gasteiger charge is -2.30. The summed E-state index contributed by atoms with van der Waals surface area (Å²) in [5.41, 5.74) is 5.39. The molecule has 1 saturated heterocycles. The summed E-state index contributed by atoms with van der Waals surface area (Å²) < 4.78 is 33.9. The predicted molar refractivity (Wildman–Crippen MR) is 142 cm³/mol. The quantitative estimate of drug-likeness (QED) is 0.464. The van der Waals surface area contributed by atoms with Gasteiger partial charge in [0.25, 0.3) is 0 Å². The third-order valence-corrected chi connectivity index (χ3v) is 8.81. The van der Waals surface area contributed by atoms with Gasteiger partial charge in [0, 0.05) is 24.7 Å². The highest BCUT2D eigenvalue weighted by Gasteiger charge is 2.36. The van der Waals surface area contributed by atoms with Gasteiger partial charge in [0.2, 0.25) is 15.9 Å². The molecule has 1 fully saturated rings. The van der Waals surface area contributed by atoms with E-state index in [-0.39, 0.29) is 35.6 Å². The van der Waals surface area contributed by atoms with Crippen LogP contribution in [0.1, 0.15) is 53.5 Å². The molecular formula is C28H33N3O4S. The fourth-order valence-electron chi connectivity index (χ4n) is 4.56. The van der Waals surface area contributed by atoms with Crippen LogP contribution in [-0.4, -0.2) is 36.9 Å². The Bertz CT molecular complexity index is 1370. The monoisotopic (exact) mass is 507 g/mol. The average molecular weight is 508 g/mol. The van der Waals surface area contributed by atoms with Crippen molar-refractivity contribution in [1.82, 2.24) is 9.46 Å². The Labute approximate surface area is 213 Å². The van der Waals surface area contributed by atoms with Crippen LogP contribution in [0.4, 0.5) is 5.69 Å². The molecule has 1 amide bonds. The number of rotatable bonds is 7. The number of aryl methyl sites for hydroxylation is 4. The minimum absolute atomic E-state index is 0.0565. The van der Waals surface area contributed by atoms with Crippen LogP contribution >= 0.6 is 0 Å². The van der Waals surface area contributed by atoms with Crippen molar-refractivity contribution in [2.45, 2.75) is 51.9 Å². The number of carbonyl (C=O) groups is 1. The summed E-state index contributed by atoms with van der Waals surface area (Å²) in [6.07, 6.45) is 5.19. The van der Waals surface area contributed by atoms with Crippen LogP contribution in [0.25, 0.3) is 12.2 Å². The first-order valence-electron chi connectivity index (χ1n) is 12.3. The normalized spacial score (nSPS) is 15.4. The highest BCUT2D eigenvalue weighted by Crippen LogP contribution is 2.30. The summed E-state index contributed by atoms with van der Waals surface area (Å²) in [6.45, 7) is 8.21. The van der Waals surface area contributed by atoms with E-state index in [1.807, 2.05) is 62.4 Å². The van der Waals surface area contributed by atoms with Gasteiger partial charge in [0.15, 0.2) is 10.7 Å². The number of nitrogens with one attached hydrogen (secondary N) is 1. The van der Waals surface area contributed by atoms with E-state index in [4.69, 9.17) is 4.52 Å². The second-order valence-electron chi connectivity index (χ2n) is 9.34. The number of sulfonamides is 1. The molecule has 0 aliphatic carbocycles. The Morgan fingerprint density at radius 1 is 1.08 bits per heavy atom. The van der Waals surface area contributed by atoms with Gasteiger partial charge in [-0.25, -0.2) is 8.42 Å². The molecule has 2 heterocycles. The number of para-hydroxylation sites is 1. The van der Waals surface area contributed by atoms with Crippen LogP contribution in [0.2, 0.25) is 0 Å². The smallest absolute Gasteiger partial charge is 0.248 e. The van der Waals surface area contributed by atoms with Crippen molar-refractivity contribution in [1.29, 1.82) is 0 Å². The number of anilines is 1. The van der Waals surface area contributed by atoms with Crippen molar-refractivity contribution in [3.8, 4) is 0 Å². The standard InChI is InChI=1S/C28H33N3O4S/c1-5-23-8-6-7-20(3)26(23)29-28(32)24-15-17-31(18-16-24)36(33,34)27-21(4)30-35-25(27)14-13-22-11-9-19(2)10-12-22/h6-14,24H,5,15-18H2,1-4H3,(H,29,32)/b14-13+. The zero-order chi connectivity index (χ0) is 25.9. The van der Waals surface area contributed by atoms with Gasteiger partial charge in [-0.3, -0.25) is 4.79 Å². The van der Waals surface area contributed by atoms with Crippen LogP contribution in [0, 0.1) is 26.7 Å². The molecule has 0 radical (unpaired) electrons. The van der Waals surface area contributed by atoms with Crippen LogP contribution in [0.5, 0.6) is 0 Å². The number of hydrogen-bond donors (Lipinski definition) is 1. The summed E-state index contributed by atoms with van der Waals surface area (Å²) in [5, 5.41) is 7.02. The van der Waals surface area contributed by atoms with Crippen LogP contribution in [0.15, 0.2) is 51.9 Å². The van der Waals surface area contributed by atoms with Crippen molar-refractivity contribution >= 4 is 33.8 Å². The van der Waals surface area contributed by atoms with Gasteiger partial charge in [-0.2, -0.15) is 4.31 Å². The molecule has 3 aromatic rings. The van der Waals surface area contributed by atoms with E-state index in [0.29, 0.717) is 18.5 Å². The summed E-state index contributed by atoms with van der Waals surface area (Å²) in [4.78, 5) is 13.1. The molecule has 1 aliphatic rings. The number of piperidine rings is 1. The fourth-order valence-corrected chi connectivity index (χ4v) is 6.28. The molecule has 0 atom stereocenters. The van der Waals surface area contributed by atoms with E-state index in [1.54, 1.807) is 13.0 Å². The van der Waals surface area contributed by atoms with Crippen molar-refractivity contribution in [3.63, 3.8) is 0 Å². The molecule has 36 heavy (non-hydrogen) atoms. The van der Waals surface area contributed by atoms with Crippen molar-refractivity contribution < 1.29 is 17.7 Å². The van der Waals surface area contributed by atoms with Gasteiger partial charge in [0.05, 0.1) is 0 Å². The maximum atomic E-state index is 13.5. The van der Waals surface area contributed by atoms with Gasteiger partial charge in [-0.15, -0.1) is 0 Å².